The number of methoxy groups -OCH3 is 1. The molecule has 0 aliphatic carbocycles. The summed E-state index contributed by atoms with van der Waals surface area (Å²) in [5.74, 6) is 0.581. The molecule has 1 aromatic carbocycles. The molecule has 1 aromatic heterocycles. The van der Waals surface area contributed by atoms with Crippen LogP contribution in [0.4, 0.5) is 15.3 Å². The summed E-state index contributed by atoms with van der Waals surface area (Å²) in [4.78, 5) is 26.2. The zero-order valence-electron chi connectivity index (χ0n) is 11.7. The van der Waals surface area contributed by atoms with E-state index in [1.165, 1.54) is 12.6 Å². The molecule has 2 aromatic rings. The summed E-state index contributed by atoms with van der Waals surface area (Å²) in [6.45, 7) is 0.140. The van der Waals surface area contributed by atoms with Crippen molar-refractivity contribution in [1.29, 1.82) is 0 Å². The summed E-state index contributed by atoms with van der Waals surface area (Å²) in [6, 6.07) is 6.27. The number of amides is 3. The molecular formula is C13H15N5O4. The number of hydroxylamine groups is 1. The van der Waals surface area contributed by atoms with Crippen molar-refractivity contribution in [1.82, 2.24) is 20.3 Å². The number of rotatable bonds is 4. The highest BCUT2D eigenvalue weighted by Gasteiger charge is 2.07. The van der Waals surface area contributed by atoms with Gasteiger partial charge < -0.3 is 14.6 Å². The Balaban J connectivity index is 2.10. The predicted molar refractivity (Wildman–Crippen MR) is 76.7 cm³/mol. The minimum atomic E-state index is -0.716. The first kappa shape index (κ1) is 15.3. The maximum atomic E-state index is 11.1. The van der Waals surface area contributed by atoms with Crippen LogP contribution in [0.5, 0.6) is 0 Å². The Hall–Kier alpha value is -3.07. The van der Waals surface area contributed by atoms with Gasteiger partial charge in [0.1, 0.15) is 5.82 Å². The molecule has 116 valence electrons. The highest BCUT2D eigenvalue weighted by Crippen LogP contribution is 2.15. The molecule has 0 spiro atoms. The number of anilines is 1. The Morgan fingerprint density at radius 3 is 2.68 bits per heavy atom. The number of aromatic nitrogens is 2. The second-order valence-corrected chi connectivity index (χ2v) is 4.17. The van der Waals surface area contributed by atoms with Gasteiger partial charge in [-0.2, -0.15) is 0 Å². The fourth-order valence-corrected chi connectivity index (χ4v) is 1.77. The molecule has 9 nitrogen and oxygen atoms in total. The third kappa shape index (κ3) is 3.73. The quantitative estimate of drug-likeness (QED) is 0.501. The van der Waals surface area contributed by atoms with E-state index in [-0.39, 0.29) is 6.54 Å². The van der Waals surface area contributed by atoms with E-state index in [0.717, 1.165) is 5.69 Å². The Bertz CT molecular complexity index is 653. The van der Waals surface area contributed by atoms with E-state index in [4.69, 9.17) is 5.21 Å². The Morgan fingerprint density at radius 1 is 1.32 bits per heavy atom. The van der Waals surface area contributed by atoms with Gasteiger partial charge in [-0.05, 0) is 24.3 Å². The molecular weight excluding hydrogens is 290 g/mol. The van der Waals surface area contributed by atoms with Crippen molar-refractivity contribution in [3.8, 4) is 5.69 Å². The molecule has 0 radical (unpaired) electrons. The fraction of sp³-hybridized carbons (Fsp3) is 0.154. The molecule has 0 bridgehead atoms. The zero-order valence-corrected chi connectivity index (χ0v) is 11.7. The number of carbonyl (C=O) groups is 2. The third-order valence-electron chi connectivity index (χ3n) is 2.80. The van der Waals surface area contributed by atoms with E-state index >= 15 is 0 Å². The maximum Gasteiger partial charge on any atom is 0.411 e. The lowest BCUT2D eigenvalue weighted by Gasteiger charge is -2.10. The van der Waals surface area contributed by atoms with Gasteiger partial charge in [0.2, 0.25) is 0 Å². The minimum Gasteiger partial charge on any atom is -0.453 e. The van der Waals surface area contributed by atoms with Crippen LogP contribution in [-0.4, -0.2) is 34.0 Å². The van der Waals surface area contributed by atoms with Crippen molar-refractivity contribution >= 4 is 17.8 Å². The number of benzene rings is 1. The second kappa shape index (κ2) is 7.09. The molecule has 0 unspecified atom stereocenters. The van der Waals surface area contributed by atoms with Crippen molar-refractivity contribution in [2.75, 3.05) is 12.4 Å². The Labute approximate surface area is 125 Å². The second-order valence-electron chi connectivity index (χ2n) is 4.17. The summed E-state index contributed by atoms with van der Waals surface area (Å²) >= 11 is 0. The highest BCUT2D eigenvalue weighted by molar-refractivity contribution is 5.84. The van der Waals surface area contributed by atoms with E-state index < -0.39 is 12.1 Å². The summed E-state index contributed by atoms with van der Waals surface area (Å²) in [7, 11) is 1.29. The van der Waals surface area contributed by atoms with E-state index in [0.29, 0.717) is 11.5 Å². The van der Waals surface area contributed by atoms with Gasteiger partial charge in [-0.15, -0.1) is 0 Å². The van der Waals surface area contributed by atoms with Crippen LogP contribution in [0.15, 0.2) is 36.7 Å². The Kier molecular flexibility index (Phi) is 4.94. The standard InChI is InChI=1S/C13H15N5O4/c1-22-13(20)16-9-2-4-10(5-3-9)18-7-6-14-11(18)8-15-12(19)17-21/h2-7,21H,8H2,1H3,(H,16,20)(H2,15,17,19). The van der Waals surface area contributed by atoms with Crippen LogP contribution in [0.3, 0.4) is 0 Å². The molecule has 0 aliphatic rings. The van der Waals surface area contributed by atoms with Crippen molar-refractivity contribution in [3.63, 3.8) is 0 Å². The smallest absolute Gasteiger partial charge is 0.411 e. The van der Waals surface area contributed by atoms with Crippen LogP contribution in [0, 0.1) is 0 Å². The lowest BCUT2D eigenvalue weighted by molar-refractivity contribution is 0.161. The van der Waals surface area contributed by atoms with Gasteiger partial charge in [0.15, 0.2) is 0 Å². The van der Waals surface area contributed by atoms with Gasteiger partial charge in [0.05, 0.1) is 13.7 Å². The van der Waals surface area contributed by atoms with Crippen LogP contribution in [0.25, 0.3) is 5.69 Å². The van der Waals surface area contributed by atoms with E-state index in [2.05, 4.69) is 20.4 Å². The molecule has 1 heterocycles. The largest absolute Gasteiger partial charge is 0.453 e. The lowest BCUT2D eigenvalue weighted by Crippen LogP contribution is -2.33. The topological polar surface area (TPSA) is 118 Å². The number of ether oxygens (including phenoxy) is 1. The summed E-state index contributed by atoms with van der Waals surface area (Å²) < 4.78 is 6.27. The number of imidazole rings is 1. The maximum absolute atomic E-state index is 11.1. The molecule has 0 fully saturated rings. The predicted octanol–water partition coefficient (Wildman–Crippen LogP) is 1.24. The first-order valence-electron chi connectivity index (χ1n) is 6.29. The van der Waals surface area contributed by atoms with Crippen molar-refractivity contribution in [3.05, 3.63) is 42.5 Å². The average molecular weight is 305 g/mol. The average Bonchev–Trinajstić information content (AvgIpc) is 3.01. The van der Waals surface area contributed by atoms with E-state index in [1.54, 1.807) is 41.2 Å². The first-order chi connectivity index (χ1) is 10.6. The van der Waals surface area contributed by atoms with Crippen LogP contribution in [0.1, 0.15) is 5.82 Å². The first-order valence-corrected chi connectivity index (χ1v) is 6.29. The fourth-order valence-electron chi connectivity index (χ4n) is 1.77. The number of carbonyl (C=O) groups excluding carboxylic acids is 2. The van der Waals surface area contributed by atoms with Gasteiger partial charge >= 0.3 is 12.1 Å². The summed E-state index contributed by atoms with van der Waals surface area (Å²) in [5.41, 5.74) is 2.87. The number of nitrogens with one attached hydrogen (secondary N) is 3. The van der Waals surface area contributed by atoms with Gasteiger partial charge in [0, 0.05) is 23.8 Å². The SMILES string of the molecule is COC(=O)Nc1ccc(-n2ccnc2CNC(=O)NO)cc1. The summed E-state index contributed by atoms with van der Waals surface area (Å²) in [5, 5.41) is 13.4. The molecule has 0 atom stereocenters. The molecule has 3 amide bonds. The molecule has 0 aliphatic heterocycles. The molecule has 2 rings (SSSR count). The minimum absolute atomic E-state index is 0.140. The molecule has 22 heavy (non-hydrogen) atoms. The normalized spacial score (nSPS) is 9.91. The number of hydrogen-bond donors (Lipinski definition) is 4. The van der Waals surface area contributed by atoms with Crippen LogP contribution >= 0.6 is 0 Å². The van der Waals surface area contributed by atoms with Crippen molar-refractivity contribution < 1.29 is 19.5 Å². The van der Waals surface area contributed by atoms with Gasteiger partial charge in [0.25, 0.3) is 0 Å². The van der Waals surface area contributed by atoms with E-state index in [9.17, 15) is 9.59 Å². The molecule has 9 heteroatoms. The summed E-state index contributed by atoms with van der Waals surface area (Å²) in [6.07, 6.45) is 2.78. The van der Waals surface area contributed by atoms with E-state index in [1.807, 2.05) is 0 Å². The van der Waals surface area contributed by atoms with Crippen molar-refractivity contribution in [2.24, 2.45) is 0 Å². The number of hydrogen-bond acceptors (Lipinski definition) is 5. The van der Waals surface area contributed by atoms with Gasteiger partial charge in [-0.25, -0.2) is 20.1 Å². The molecule has 0 saturated heterocycles. The number of nitrogens with zero attached hydrogens (tertiary/aromatic N) is 2. The van der Waals surface area contributed by atoms with Crippen LogP contribution in [-0.2, 0) is 11.3 Å². The highest BCUT2D eigenvalue weighted by atomic mass is 16.5. The molecule has 0 saturated carbocycles. The monoisotopic (exact) mass is 305 g/mol. The van der Waals surface area contributed by atoms with Crippen LogP contribution < -0.4 is 16.1 Å². The van der Waals surface area contributed by atoms with Gasteiger partial charge in [-0.1, -0.05) is 0 Å². The zero-order chi connectivity index (χ0) is 15.9. The van der Waals surface area contributed by atoms with Crippen molar-refractivity contribution in [2.45, 2.75) is 6.54 Å². The van der Waals surface area contributed by atoms with Gasteiger partial charge in [-0.3, -0.25) is 10.5 Å². The molecule has 4 N–H and O–H groups in total. The number of urea groups is 1. The third-order valence-corrected chi connectivity index (χ3v) is 2.80. The Morgan fingerprint density at radius 2 is 2.05 bits per heavy atom. The lowest BCUT2D eigenvalue weighted by atomic mass is 10.2. The van der Waals surface area contributed by atoms with Crippen LogP contribution in [0.2, 0.25) is 0 Å².